The van der Waals surface area contributed by atoms with Gasteiger partial charge >= 0.3 is 0 Å². The maximum absolute atomic E-state index is 4.49. The van der Waals surface area contributed by atoms with E-state index in [-0.39, 0.29) is 0 Å². The Morgan fingerprint density at radius 1 is 1.42 bits per heavy atom. The van der Waals surface area contributed by atoms with Gasteiger partial charge in [-0.2, -0.15) is 5.10 Å². The molecule has 1 aliphatic heterocycles. The largest absolute Gasteiger partial charge is 0.311 e. The molecule has 1 aromatic heterocycles. The highest BCUT2D eigenvalue weighted by molar-refractivity contribution is 5.20. The fraction of sp³-hybridized carbons (Fsp3) is 0.800. The van der Waals surface area contributed by atoms with E-state index >= 15 is 0 Å². The van der Waals surface area contributed by atoms with E-state index in [0.29, 0.717) is 18.1 Å². The van der Waals surface area contributed by atoms with Crippen LogP contribution in [0.2, 0.25) is 0 Å². The fourth-order valence-corrected chi connectivity index (χ4v) is 3.22. The van der Waals surface area contributed by atoms with E-state index in [4.69, 9.17) is 0 Å². The smallest absolute Gasteiger partial charge is 0.0641 e. The van der Waals surface area contributed by atoms with E-state index in [1.54, 1.807) is 0 Å². The lowest BCUT2D eigenvalue weighted by atomic mass is 9.99. The number of nitrogens with zero attached hydrogens (tertiary/aromatic N) is 3. The number of hydrogen-bond donors (Lipinski definition) is 1. The first-order valence-electron chi connectivity index (χ1n) is 7.56. The highest BCUT2D eigenvalue weighted by Crippen LogP contribution is 2.27. The van der Waals surface area contributed by atoms with Gasteiger partial charge in [-0.3, -0.25) is 9.58 Å². The summed E-state index contributed by atoms with van der Waals surface area (Å²) in [5.41, 5.74) is 2.54. The Kier molecular flexibility index (Phi) is 4.63. The van der Waals surface area contributed by atoms with Crippen molar-refractivity contribution in [3.05, 3.63) is 17.5 Å². The Balaban J connectivity index is 2.18. The van der Waals surface area contributed by atoms with Gasteiger partial charge in [0.25, 0.3) is 0 Å². The molecule has 3 unspecified atom stereocenters. The summed E-state index contributed by atoms with van der Waals surface area (Å²) in [6, 6.07) is 1.72. The molecule has 4 nitrogen and oxygen atoms in total. The Morgan fingerprint density at radius 2 is 2.16 bits per heavy atom. The van der Waals surface area contributed by atoms with Gasteiger partial charge in [0.1, 0.15) is 0 Å². The van der Waals surface area contributed by atoms with Crippen molar-refractivity contribution in [1.29, 1.82) is 0 Å². The van der Waals surface area contributed by atoms with Crippen LogP contribution in [0, 0.1) is 6.92 Å². The van der Waals surface area contributed by atoms with Crippen molar-refractivity contribution in [2.45, 2.75) is 58.7 Å². The van der Waals surface area contributed by atoms with Crippen molar-refractivity contribution in [3.63, 3.8) is 0 Å². The van der Waals surface area contributed by atoms with Crippen molar-refractivity contribution in [1.82, 2.24) is 20.0 Å². The molecular weight excluding hydrogens is 236 g/mol. The third-order valence-electron chi connectivity index (χ3n) is 4.51. The molecule has 0 radical (unpaired) electrons. The van der Waals surface area contributed by atoms with Crippen LogP contribution < -0.4 is 5.32 Å². The van der Waals surface area contributed by atoms with Crippen LogP contribution in [-0.2, 0) is 7.05 Å². The molecule has 4 heteroatoms. The van der Waals surface area contributed by atoms with Gasteiger partial charge in [-0.25, -0.2) is 0 Å². The minimum absolute atomic E-state index is 0.454. The maximum Gasteiger partial charge on any atom is 0.0641 e. The second kappa shape index (κ2) is 6.06. The van der Waals surface area contributed by atoms with Crippen LogP contribution in [0.4, 0.5) is 0 Å². The molecule has 1 N–H and O–H groups in total. The Morgan fingerprint density at radius 3 is 2.68 bits per heavy atom. The molecule has 0 aromatic carbocycles. The average Bonchev–Trinajstić information content (AvgIpc) is 2.76. The summed E-state index contributed by atoms with van der Waals surface area (Å²) >= 11 is 0. The molecule has 2 rings (SSSR count). The molecule has 0 saturated carbocycles. The zero-order valence-electron chi connectivity index (χ0n) is 13.0. The molecule has 2 heterocycles. The molecule has 0 amide bonds. The van der Waals surface area contributed by atoms with Crippen LogP contribution in [0.1, 0.15) is 50.9 Å². The summed E-state index contributed by atoms with van der Waals surface area (Å²) in [6.07, 6.45) is 4.58. The third-order valence-corrected chi connectivity index (χ3v) is 4.51. The first-order chi connectivity index (χ1) is 9.06. The van der Waals surface area contributed by atoms with E-state index in [1.165, 1.54) is 18.4 Å². The van der Waals surface area contributed by atoms with Crippen molar-refractivity contribution in [3.8, 4) is 0 Å². The van der Waals surface area contributed by atoms with Crippen LogP contribution in [0.25, 0.3) is 0 Å². The van der Waals surface area contributed by atoms with Crippen molar-refractivity contribution < 1.29 is 0 Å². The maximum atomic E-state index is 4.49. The van der Waals surface area contributed by atoms with E-state index in [9.17, 15) is 0 Å². The molecule has 19 heavy (non-hydrogen) atoms. The van der Waals surface area contributed by atoms with Crippen LogP contribution >= 0.6 is 0 Å². The number of nitrogens with one attached hydrogen (secondary N) is 1. The minimum Gasteiger partial charge on any atom is -0.311 e. The number of hydrogen-bond acceptors (Lipinski definition) is 3. The van der Waals surface area contributed by atoms with Gasteiger partial charge in [0.2, 0.25) is 0 Å². The summed E-state index contributed by atoms with van der Waals surface area (Å²) in [5, 5.41) is 8.15. The molecule has 1 aromatic rings. The lowest BCUT2D eigenvalue weighted by Gasteiger charge is -2.43. The predicted molar refractivity (Wildman–Crippen MR) is 79.2 cm³/mol. The molecule has 0 bridgehead atoms. The van der Waals surface area contributed by atoms with E-state index in [2.05, 4.69) is 49.2 Å². The van der Waals surface area contributed by atoms with Crippen molar-refractivity contribution in [2.75, 3.05) is 13.1 Å². The monoisotopic (exact) mass is 264 g/mol. The molecule has 3 atom stereocenters. The van der Waals surface area contributed by atoms with Gasteiger partial charge in [0.05, 0.1) is 5.69 Å². The zero-order chi connectivity index (χ0) is 14.0. The number of aryl methyl sites for hydroxylation is 2. The topological polar surface area (TPSA) is 33.1 Å². The number of rotatable bonds is 4. The summed E-state index contributed by atoms with van der Waals surface area (Å²) in [6.45, 7) is 11.2. The van der Waals surface area contributed by atoms with Crippen LogP contribution in [0.5, 0.6) is 0 Å². The Hall–Kier alpha value is -0.870. The van der Waals surface area contributed by atoms with Crippen LogP contribution in [0.15, 0.2) is 6.20 Å². The van der Waals surface area contributed by atoms with Gasteiger partial charge in [-0.05, 0) is 26.7 Å². The summed E-state index contributed by atoms with van der Waals surface area (Å²) in [4.78, 5) is 2.66. The SMILES string of the molecule is CCC1CN(C(C)c2cn(C)nc2C)C(CC)CN1. The first kappa shape index (κ1) is 14.5. The molecule has 1 fully saturated rings. The molecule has 1 saturated heterocycles. The normalized spacial score (nSPS) is 26.6. The molecule has 1 aliphatic rings. The molecule has 0 aliphatic carbocycles. The van der Waals surface area contributed by atoms with Gasteiger partial charge in [0, 0.05) is 50.0 Å². The van der Waals surface area contributed by atoms with Crippen LogP contribution in [0.3, 0.4) is 0 Å². The number of piperazine rings is 1. The molecular formula is C15H28N4. The van der Waals surface area contributed by atoms with Gasteiger partial charge in [-0.1, -0.05) is 13.8 Å². The lowest BCUT2D eigenvalue weighted by Crippen LogP contribution is -2.56. The standard InChI is InChI=1S/C15H28N4/c1-6-13-9-19(14(7-2)8-16-13)12(4)15-10-18(5)17-11(15)3/h10,12-14,16H,6-9H2,1-5H3. The van der Waals surface area contributed by atoms with E-state index in [1.807, 2.05) is 11.7 Å². The summed E-state index contributed by atoms with van der Waals surface area (Å²) < 4.78 is 1.93. The second-order valence-electron chi connectivity index (χ2n) is 5.79. The minimum atomic E-state index is 0.454. The fourth-order valence-electron chi connectivity index (χ4n) is 3.22. The van der Waals surface area contributed by atoms with E-state index < -0.39 is 0 Å². The highest BCUT2D eigenvalue weighted by atomic mass is 15.3. The summed E-state index contributed by atoms with van der Waals surface area (Å²) in [5.74, 6) is 0. The third kappa shape index (κ3) is 3.00. The van der Waals surface area contributed by atoms with Crippen molar-refractivity contribution in [2.24, 2.45) is 7.05 Å². The van der Waals surface area contributed by atoms with Gasteiger partial charge < -0.3 is 5.32 Å². The average molecular weight is 264 g/mol. The molecule has 108 valence electrons. The lowest BCUT2D eigenvalue weighted by molar-refractivity contribution is 0.0847. The number of aromatic nitrogens is 2. The Labute approximate surface area is 117 Å². The molecule has 0 spiro atoms. The highest BCUT2D eigenvalue weighted by Gasteiger charge is 2.31. The zero-order valence-corrected chi connectivity index (χ0v) is 13.0. The predicted octanol–water partition coefficient (Wildman–Crippen LogP) is 2.25. The first-order valence-corrected chi connectivity index (χ1v) is 7.56. The summed E-state index contributed by atoms with van der Waals surface area (Å²) in [7, 11) is 2.01. The van der Waals surface area contributed by atoms with Crippen LogP contribution in [-0.4, -0.2) is 39.9 Å². The van der Waals surface area contributed by atoms with Gasteiger partial charge in [-0.15, -0.1) is 0 Å². The van der Waals surface area contributed by atoms with Crippen molar-refractivity contribution >= 4 is 0 Å². The second-order valence-corrected chi connectivity index (χ2v) is 5.79. The Bertz CT molecular complexity index is 412. The quantitative estimate of drug-likeness (QED) is 0.905. The van der Waals surface area contributed by atoms with Gasteiger partial charge in [0.15, 0.2) is 0 Å². The van der Waals surface area contributed by atoms with E-state index in [0.717, 1.165) is 18.8 Å².